The second-order valence-electron chi connectivity index (χ2n) is 2.58. The maximum Gasteiger partial charge on any atom is 0.103 e. The molecule has 1 heterocycles. The predicted molar refractivity (Wildman–Crippen MR) is 47.0 cm³/mol. The van der Waals surface area contributed by atoms with E-state index < -0.39 is 6.10 Å². The first-order valence-corrected chi connectivity index (χ1v) is 3.90. The molecule has 0 saturated heterocycles. The topological polar surface area (TPSA) is 36.0 Å². The average molecular weight is 169 g/mol. The fourth-order valence-electron chi connectivity index (χ4n) is 1.04. The van der Waals surface area contributed by atoms with Crippen LogP contribution in [0.15, 0.2) is 12.1 Å². The number of hydrogen-bond acceptors (Lipinski definition) is 2. The van der Waals surface area contributed by atoms with E-state index in [-0.39, 0.29) is 0 Å². The van der Waals surface area contributed by atoms with Gasteiger partial charge in [-0.15, -0.1) is 0 Å². The maximum absolute atomic E-state index is 9.24. The van der Waals surface area contributed by atoms with Crippen molar-refractivity contribution in [2.24, 2.45) is 0 Å². The summed E-state index contributed by atoms with van der Waals surface area (Å²) in [6, 6.07) is 3.63. The van der Waals surface area contributed by atoms with Crippen LogP contribution >= 0.6 is 12.2 Å². The molecule has 0 aliphatic carbocycles. The van der Waals surface area contributed by atoms with Crippen molar-refractivity contribution in [1.82, 2.24) is 4.98 Å². The third-order valence-electron chi connectivity index (χ3n) is 1.61. The molecule has 0 bridgehead atoms. The lowest BCUT2D eigenvalue weighted by atomic mass is 10.1. The molecule has 1 aromatic heterocycles. The van der Waals surface area contributed by atoms with Crippen LogP contribution in [-0.2, 0) is 0 Å². The highest BCUT2D eigenvalue weighted by Crippen LogP contribution is 2.13. The summed E-state index contributed by atoms with van der Waals surface area (Å²) in [7, 11) is 0. The molecule has 1 aromatic rings. The van der Waals surface area contributed by atoms with Crippen LogP contribution in [-0.4, -0.2) is 10.1 Å². The highest BCUT2D eigenvalue weighted by Gasteiger charge is 2.02. The van der Waals surface area contributed by atoms with E-state index in [2.05, 4.69) is 4.98 Å². The lowest BCUT2D eigenvalue weighted by Crippen LogP contribution is -1.96. The number of hydrogen-bond donors (Lipinski definition) is 2. The minimum atomic E-state index is -0.429. The average Bonchev–Trinajstić information content (AvgIpc) is 1.85. The van der Waals surface area contributed by atoms with Crippen molar-refractivity contribution < 1.29 is 5.11 Å². The van der Waals surface area contributed by atoms with Crippen molar-refractivity contribution in [3.63, 3.8) is 0 Å². The highest BCUT2D eigenvalue weighted by molar-refractivity contribution is 7.71. The first-order chi connectivity index (χ1) is 5.11. The van der Waals surface area contributed by atoms with E-state index in [0.29, 0.717) is 4.64 Å². The van der Waals surface area contributed by atoms with Gasteiger partial charge in [0, 0.05) is 5.69 Å². The van der Waals surface area contributed by atoms with Gasteiger partial charge in [-0.2, -0.15) is 0 Å². The highest BCUT2D eigenvalue weighted by atomic mass is 32.1. The zero-order chi connectivity index (χ0) is 8.43. The van der Waals surface area contributed by atoms with Crippen LogP contribution in [0.2, 0.25) is 0 Å². The van der Waals surface area contributed by atoms with Gasteiger partial charge >= 0.3 is 0 Å². The van der Waals surface area contributed by atoms with E-state index in [1.165, 1.54) is 0 Å². The number of aromatic amines is 1. The Morgan fingerprint density at radius 1 is 1.55 bits per heavy atom. The molecule has 0 radical (unpaired) electrons. The molecule has 60 valence electrons. The van der Waals surface area contributed by atoms with Gasteiger partial charge in [-0.25, -0.2) is 0 Å². The smallest absolute Gasteiger partial charge is 0.103 e. The molecule has 0 saturated carbocycles. The number of aryl methyl sites for hydroxylation is 1. The molecule has 3 heteroatoms. The van der Waals surface area contributed by atoms with E-state index >= 15 is 0 Å². The summed E-state index contributed by atoms with van der Waals surface area (Å²) in [6.45, 7) is 3.64. The van der Waals surface area contributed by atoms with Crippen LogP contribution in [0, 0.1) is 11.6 Å². The van der Waals surface area contributed by atoms with Gasteiger partial charge in [-0.1, -0.05) is 18.3 Å². The largest absolute Gasteiger partial charge is 0.389 e. The number of aliphatic hydroxyl groups excluding tert-OH is 1. The molecule has 2 nitrogen and oxygen atoms in total. The number of aromatic nitrogens is 1. The SMILES string of the molecule is Cc1[nH]c(=S)ccc1[C@@H](C)O. The molecule has 0 amide bonds. The Labute approximate surface area is 70.9 Å². The van der Waals surface area contributed by atoms with Gasteiger partial charge in [0.1, 0.15) is 4.64 Å². The van der Waals surface area contributed by atoms with Crippen LogP contribution in [0.25, 0.3) is 0 Å². The number of rotatable bonds is 1. The van der Waals surface area contributed by atoms with Gasteiger partial charge in [-0.05, 0) is 25.5 Å². The third-order valence-corrected chi connectivity index (χ3v) is 1.85. The molecule has 0 aliphatic heterocycles. The lowest BCUT2D eigenvalue weighted by Gasteiger charge is -2.07. The van der Waals surface area contributed by atoms with Gasteiger partial charge < -0.3 is 10.1 Å². The standard InChI is InChI=1S/C8H11NOS/c1-5-7(6(2)10)3-4-8(11)9-5/h3-4,6,10H,1-2H3,(H,9,11)/t6-/m1/s1. The summed E-state index contributed by atoms with van der Waals surface area (Å²) in [6.07, 6.45) is -0.429. The maximum atomic E-state index is 9.24. The number of pyridine rings is 1. The molecule has 0 aromatic carbocycles. The van der Waals surface area contributed by atoms with Crippen molar-refractivity contribution in [3.8, 4) is 0 Å². The van der Waals surface area contributed by atoms with Gasteiger partial charge in [0.25, 0.3) is 0 Å². The predicted octanol–water partition coefficient (Wildman–Crippen LogP) is 2.11. The normalized spacial score (nSPS) is 13.0. The van der Waals surface area contributed by atoms with Gasteiger partial charge in [0.15, 0.2) is 0 Å². The third kappa shape index (κ3) is 1.88. The molecule has 0 fully saturated rings. The first kappa shape index (κ1) is 8.43. The van der Waals surface area contributed by atoms with E-state index in [9.17, 15) is 5.11 Å². The van der Waals surface area contributed by atoms with Crippen molar-refractivity contribution in [2.45, 2.75) is 20.0 Å². The Hall–Kier alpha value is -0.670. The number of aliphatic hydroxyl groups is 1. The van der Waals surface area contributed by atoms with Gasteiger partial charge in [-0.3, -0.25) is 0 Å². The zero-order valence-electron chi connectivity index (χ0n) is 6.59. The Balaban J connectivity index is 3.20. The van der Waals surface area contributed by atoms with E-state index in [4.69, 9.17) is 12.2 Å². The molecule has 2 N–H and O–H groups in total. The van der Waals surface area contributed by atoms with Crippen LogP contribution in [0.1, 0.15) is 24.3 Å². The second-order valence-corrected chi connectivity index (χ2v) is 3.02. The van der Waals surface area contributed by atoms with Gasteiger partial charge in [0.2, 0.25) is 0 Å². The Morgan fingerprint density at radius 3 is 2.64 bits per heavy atom. The molecular weight excluding hydrogens is 158 g/mol. The van der Waals surface area contributed by atoms with Crippen molar-refractivity contribution >= 4 is 12.2 Å². The molecule has 0 spiro atoms. The molecule has 1 atom stereocenters. The summed E-state index contributed by atoms with van der Waals surface area (Å²) >= 11 is 4.91. The molecule has 1 rings (SSSR count). The van der Waals surface area contributed by atoms with Crippen LogP contribution < -0.4 is 0 Å². The van der Waals surface area contributed by atoms with Crippen LogP contribution in [0.4, 0.5) is 0 Å². The van der Waals surface area contributed by atoms with Crippen molar-refractivity contribution in [2.75, 3.05) is 0 Å². The Morgan fingerprint density at radius 2 is 2.18 bits per heavy atom. The molecule has 0 unspecified atom stereocenters. The minimum Gasteiger partial charge on any atom is -0.389 e. The van der Waals surface area contributed by atoms with E-state index in [1.54, 1.807) is 13.0 Å². The monoisotopic (exact) mass is 169 g/mol. The molecule has 11 heavy (non-hydrogen) atoms. The summed E-state index contributed by atoms with van der Waals surface area (Å²) in [5, 5.41) is 9.24. The second kappa shape index (κ2) is 3.15. The summed E-state index contributed by atoms with van der Waals surface area (Å²) in [4.78, 5) is 2.97. The van der Waals surface area contributed by atoms with E-state index in [1.807, 2.05) is 13.0 Å². The quantitative estimate of drug-likeness (QED) is 0.632. The Bertz CT molecular complexity index is 303. The Kier molecular flexibility index (Phi) is 2.42. The lowest BCUT2D eigenvalue weighted by molar-refractivity contribution is 0.198. The minimum absolute atomic E-state index is 0.429. The first-order valence-electron chi connectivity index (χ1n) is 3.49. The van der Waals surface area contributed by atoms with Crippen molar-refractivity contribution in [1.29, 1.82) is 0 Å². The fraction of sp³-hybridized carbons (Fsp3) is 0.375. The molecule has 0 aliphatic rings. The van der Waals surface area contributed by atoms with Crippen LogP contribution in [0.3, 0.4) is 0 Å². The van der Waals surface area contributed by atoms with Gasteiger partial charge in [0.05, 0.1) is 6.10 Å². The molecular formula is C8H11NOS. The van der Waals surface area contributed by atoms with Crippen molar-refractivity contribution in [3.05, 3.63) is 28.0 Å². The van der Waals surface area contributed by atoms with E-state index in [0.717, 1.165) is 11.3 Å². The summed E-state index contributed by atoms with van der Waals surface area (Å²) in [5.41, 5.74) is 1.84. The van der Waals surface area contributed by atoms with Crippen LogP contribution in [0.5, 0.6) is 0 Å². The summed E-state index contributed by atoms with van der Waals surface area (Å²) < 4.78 is 0.701. The summed E-state index contributed by atoms with van der Waals surface area (Å²) in [5.74, 6) is 0. The fourth-order valence-corrected chi connectivity index (χ4v) is 1.26. The number of H-pyrrole nitrogens is 1. The zero-order valence-corrected chi connectivity index (χ0v) is 7.40. The number of nitrogens with one attached hydrogen (secondary N) is 1.